The van der Waals surface area contributed by atoms with E-state index in [1.165, 1.54) is 20.8 Å². The van der Waals surface area contributed by atoms with Crippen molar-refractivity contribution in [2.75, 3.05) is 11.5 Å². The second-order valence-corrected chi connectivity index (χ2v) is 7.53. The van der Waals surface area contributed by atoms with E-state index in [1.54, 1.807) is 0 Å². The highest BCUT2D eigenvalue weighted by molar-refractivity contribution is 7.80. The van der Waals surface area contributed by atoms with Crippen LogP contribution in [0, 0.1) is 6.92 Å². The van der Waals surface area contributed by atoms with Crippen molar-refractivity contribution in [3.63, 3.8) is 0 Å². The number of hydrogen-bond donors (Lipinski definition) is 1. The molecule has 10 heteroatoms. The van der Waals surface area contributed by atoms with Crippen LogP contribution in [0.3, 0.4) is 0 Å². The lowest BCUT2D eigenvalue weighted by atomic mass is 10.0. The fourth-order valence-electron chi connectivity index (χ4n) is 3.71. The molecule has 2 saturated heterocycles. The molecule has 0 aromatic heterocycles. The number of thiocarbonyl (C=S) groups is 1. The first-order valence-corrected chi connectivity index (χ1v) is 9.88. The van der Waals surface area contributed by atoms with Crippen molar-refractivity contribution in [1.82, 2.24) is 5.32 Å². The summed E-state index contributed by atoms with van der Waals surface area (Å²) in [6.07, 6.45) is -3.26. The molecule has 2 heterocycles. The Labute approximate surface area is 179 Å². The molecule has 9 nitrogen and oxygen atoms in total. The van der Waals surface area contributed by atoms with Crippen molar-refractivity contribution >= 4 is 40.9 Å². The number of carbonyl (C=O) groups excluding carboxylic acids is 3. The number of para-hydroxylation sites is 1. The maximum atomic E-state index is 11.8. The quantitative estimate of drug-likeness (QED) is 0.398. The molecule has 0 saturated carbocycles. The lowest BCUT2D eigenvalue weighted by Gasteiger charge is -2.30. The van der Waals surface area contributed by atoms with Crippen molar-refractivity contribution in [2.24, 2.45) is 0 Å². The Bertz CT molecular complexity index is 861. The van der Waals surface area contributed by atoms with E-state index in [9.17, 15) is 14.4 Å². The minimum atomic E-state index is -0.963. The maximum absolute atomic E-state index is 11.8. The summed E-state index contributed by atoms with van der Waals surface area (Å²) < 4.78 is 22.1. The predicted octanol–water partition coefficient (Wildman–Crippen LogP) is 1.21. The molecular formula is C20H24N2O7S. The molecule has 2 fully saturated rings. The maximum Gasteiger partial charge on any atom is 0.303 e. The Kier molecular flexibility index (Phi) is 6.57. The molecule has 1 aromatic rings. The Balaban J connectivity index is 1.93. The second kappa shape index (κ2) is 8.97. The summed E-state index contributed by atoms with van der Waals surface area (Å²) in [6.45, 7) is 5.49. The summed E-state index contributed by atoms with van der Waals surface area (Å²) in [5, 5.41) is 3.59. The minimum absolute atomic E-state index is 0.231. The van der Waals surface area contributed by atoms with Crippen LogP contribution >= 0.6 is 12.2 Å². The number of aryl methyl sites for hydroxylation is 1. The number of carbonyl (C=O) groups is 3. The zero-order valence-electron chi connectivity index (χ0n) is 17.1. The number of esters is 3. The molecule has 0 radical (unpaired) electrons. The summed E-state index contributed by atoms with van der Waals surface area (Å²) in [4.78, 5) is 36.5. The Morgan fingerprint density at radius 3 is 2.47 bits per heavy atom. The zero-order chi connectivity index (χ0) is 22.0. The van der Waals surface area contributed by atoms with Crippen molar-refractivity contribution in [3.8, 4) is 0 Å². The van der Waals surface area contributed by atoms with Crippen LogP contribution < -0.4 is 10.2 Å². The van der Waals surface area contributed by atoms with Gasteiger partial charge in [0.05, 0.1) is 0 Å². The molecule has 1 aromatic carbocycles. The summed E-state index contributed by atoms with van der Waals surface area (Å²) in [5.41, 5.74) is 1.82. The third-order valence-corrected chi connectivity index (χ3v) is 5.17. The molecular weight excluding hydrogens is 412 g/mol. The van der Waals surface area contributed by atoms with Gasteiger partial charge in [0, 0.05) is 26.5 Å². The van der Waals surface area contributed by atoms with Crippen LogP contribution in [0.2, 0.25) is 0 Å². The third kappa shape index (κ3) is 4.54. The topological polar surface area (TPSA) is 103 Å². The number of fused-ring (bicyclic) bond motifs is 1. The van der Waals surface area contributed by atoms with Gasteiger partial charge >= 0.3 is 17.9 Å². The standard InChI is InChI=1S/C20H24N2O7S/c1-10-7-5-6-8-14(10)22-19-16(21-20(22)30)18(28-13(4)25)17(29-19)15(27-12(3)24)9-26-11(2)23/h5-8,15-19H,9H2,1-4H3,(H,21,30)/t15-,16-,17-,18-,19+/m1/s1. The molecule has 0 amide bonds. The summed E-state index contributed by atoms with van der Waals surface area (Å²) in [5.74, 6) is -1.63. The van der Waals surface area contributed by atoms with Crippen LogP contribution in [-0.2, 0) is 33.3 Å². The first-order chi connectivity index (χ1) is 14.2. The van der Waals surface area contributed by atoms with Gasteiger partial charge in [-0.15, -0.1) is 0 Å². The number of hydrogen-bond acceptors (Lipinski definition) is 8. The van der Waals surface area contributed by atoms with E-state index < -0.39 is 48.5 Å². The number of ether oxygens (including phenoxy) is 4. The average Bonchev–Trinajstić information content (AvgIpc) is 3.14. The monoisotopic (exact) mass is 436 g/mol. The van der Waals surface area contributed by atoms with E-state index in [1.807, 2.05) is 36.1 Å². The molecule has 0 aliphatic carbocycles. The van der Waals surface area contributed by atoms with E-state index in [-0.39, 0.29) is 6.61 Å². The number of nitrogens with zero attached hydrogens (tertiary/aromatic N) is 1. The first-order valence-electron chi connectivity index (χ1n) is 9.47. The lowest BCUT2D eigenvalue weighted by molar-refractivity contribution is -0.174. The molecule has 2 aliphatic heterocycles. The lowest BCUT2D eigenvalue weighted by Crippen LogP contribution is -2.49. The van der Waals surface area contributed by atoms with Gasteiger partial charge in [0.1, 0.15) is 18.8 Å². The normalized spacial score (nSPS) is 25.9. The van der Waals surface area contributed by atoms with Crippen molar-refractivity contribution in [3.05, 3.63) is 29.8 Å². The Morgan fingerprint density at radius 2 is 1.87 bits per heavy atom. The van der Waals surface area contributed by atoms with Gasteiger partial charge in [0.25, 0.3) is 0 Å². The van der Waals surface area contributed by atoms with Crippen LogP contribution in [0.15, 0.2) is 24.3 Å². The van der Waals surface area contributed by atoms with Gasteiger partial charge in [0.15, 0.2) is 23.5 Å². The van der Waals surface area contributed by atoms with Crippen molar-refractivity contribution in [1.29, 1.82) is 0 Å². The number of nitrogens with one attached hydrogen (secondary N) is 1. The first kappa shape index (κ1) is 22.0. The van der Waals surface area contributed by atoms with Gasteiger partial charge in [-0.25, -0.2) is 0 Å². The predicted molar refractivity (Wildman–Crippen MR) is 110 cm³/mol. The number of benzene rings is 1. The van der Waals surface area contributed by atoms with E-state index in [0.717, 1.165) is 11.3 Å². The summed E-state index contributed by atoms with van der Waals surface area (Å²) in [6, 6.07) is 7.16. The smallest absolute Gasteiger partial charge is 0.303 e. The Hall–Kier alpha value is -2.72. The molecule has 0 bridgehead atoms. The SMILES string of the molecule is CC(=O)OC[C@@H](OC(C)=O)[C@H]1O[C@H]2[C@H](NC(=S)N2c2ccccc2C)[C@H]1OC(C)=O. The average molecular weight is 436 g/mol. The summed E-state index contributed by atoms with van der Waals surface area (Å²) in [7, 11) is 0. The van der Waals surface area contributed by atoms with Crippen LogP contribution in [0.25, 0.3) is 0 Å². The van der Waals surface area contributed by atoms with Gasteiger partial charge in [-0.2, -0.15) is 0 Å². The second-order valence-electron chi connectivity index (χ2n) is 7.15. The largest absolute Gasteiger partial charge is 0.462 e. The van der Waals surface area contributed by atoms with Gasteiger partial charge in [0.2, 0.25) is 0 Å². The fourth-order valence-corrected chi connectivity index (χ4v) is 4.05. The highest BCUT2D eigenvalue weighted by Gasteiger charge is 2.57. The number of anilines is 1. The van der Waals surface area contributed by atoms with Crippen LogP contribution in [0.5, 0.6) is 0 Å². The van der Waals surface area contributed by atoms with E-state index in [4.69, 9.17) is 31.2 Å². The van der Waals surface area contributed by atoms with Gasteiger partial charge in [-0.05, 0) is 30.8 Å². The zero-order valence-corrected chi connectivity index (χ0v) is 17.9. The molecule has 3 rings (SSSR count). The van der Waals surface area contributed by atoms with Crippen LogP contribution in [-0.4, -0.2) is 60.2 Å². The molecule has 0 spiro atoms. The molecule has 1 N–H and O–H groups in total. The minimum Gasteiger partial charge on any atom is -0.462 e. The van der Waals surface area contributed by atoms with E-state index >= 15 is 0 Å². The van der Waals surface area contributed by atoms with E-state index in [2.05, 4.69) is 5.32 Å². The molecule has 5 atom stereocenters. The van der Waals surface area contributed by atoms with Gasteiger partial charge in [-0.1, -0.05) is 18.2 Å². The molecule has 162 valence electrons. The highest BCUT2D eigenvalue weighted by atomic mass is 32.1. The number of rotatable bonds is 6. The van der Waals surface area contributed by atoms with E-state index in [0.29, 0.717) is 5.11 Å². The van der Waals surface area contributed by atoms with Crippen molar-refractivity contribution in [2.45, 2.75) is 58.3 Å². The summed E-state index contributed by atoms with van der Waals surface area (Å²) >= 11 is 5.50. The highest BCUT2D eigenvalue weighted by Crippen LogP contribution is 2.37. The van der Waals surface area contributed by atoms with Gasteiger partial charge in [-0.3, -0.25) is 19.3 Å². The molecule has 2 aliphatic rings. The third-order valence-electron chi connectivity index (χ3n) is 4.86. The molecule has 30 heavy (non-hydrogen) atoms. The fraction of sp³-hybridized carbons (Fsp3) is 0.500. The molecule has 0 unspecified atom stereocenters. The van der Waals surface area contributed by atoms with Gasteiger partial charge < -0.3 is 24.3 Å². The van der Waals surface area contributed by atoms with Crippen LogP contribution in [0.4, 0.5) is 5.69 Å². The van der Waals surface area contributed by atoms with Crippen LogP contribution in [0.1, 0.15) is 26.3 Å². The van der Waals surface area contributed by atoms with Crippen molar-refractivity contribution < 1.29 is 33.3 Å². The Morgan fingerprint density at radius 1 is 1.17 bits per heavy atom.